The predicted molar refractivity (Wildman–Crippen MR) is 133 cm³/mol. The van der Waals surface area contributed by atoms with Gasteiger partial charge in [0.25, 0.3) is 5.91 Å². The van der Waals surface area contributed by atoms with Gasteiger partial charge in [0.1, 0.15) is 0 Å². The van der Waals surface area contributed by atoms with Crippen molar-refractivity contribution in [3.8, 4) is 0 Å². The summed E-state index contributed by atoms with van der Waals surface area (Å²) >= 11 is 0. The molecule has 3 N–H and O–H groups in total. The predicted octanol–water partition coefficient (Wildman–Crippen LogP) is 2.90. The van der Waals surface area contributed by atoms with E-state index in [-0.39, 0.29) is 17.5 Å². The van der Waals surface area contributed by atoms with Crippen LogP contribution in [0.5, 0.6) is 0 Å². The van der Waals surface area contributed by atoms with E-state index in [1.807, 2.05) is 31.1 Å². The van der Waals surface area contributed by atoms with E-state index in [9.17, 15) is 9.59 Å². The summed E-state index contributed by atoms with van der Waals surface area (Å²) in [5, 5.41) is 9.42. The van der Waals surface area contributed by atoms with Crippen LogP contribution in [0.1, 0.15) is 48.9 Å². The summed E-state index contributed by atoms with van der Waals surface area (Å²) < 4.78 is 5.39. The van der Waals surface area contributed by atoms with E-state index in [0.717, 1.165) is 75.6 Å². The first kappa shape index (κ1) is 23.4. The molecule has 6 rings (SSSR count). The van der Waals surface area contributed by atoms with Crippen molar-refractivity contribution in [3.05, 3.63) is 23.8 Å². The fraction of sp³-hybridized carbons (Fsp3) is 0.692. The third kappa shape index (κ3) is 5.18. The van der Waals surface area contributed by atoms with Crippen molar-refractivity contribution in [1.29, 1.82) is 0 Å². The molecular formula is C26H39N5O3. The van der Waals surface area contributed by atoms with Crippen LogP contribution in [0.25, 0.3) is 0 Å². The van der Waals surface area contributed by atoms with Gasteiger partial charge >= 0.3 is 6.03 Å². The molecule has 1 aromatic carbocycles. The normalized spacial score (nSPS) is 30.1. The largest absolute Gasteiger partial charge is 0.379 e. The minimum Gasteiger partial charge on any atom is -0.379 e. The van der Waals surface area contributed by atoms with E-state index >= 15 is 0 Å². The summed E-state index contributed by atoms with van der Waals surface area (Å²) in [6.45, 7) is 4.68. The van der Waals surface area contributed by atoms with Crippen molar-refractivity contribution in [2.24, 2.45) is 17.8 Å². The molecule has 3 amide bonds. The number of hydrogen-bond acceptors (Lipinski definition) is 5. The SMILES string of the molecule is CN(C)c1ccc(NC(=O)NC23CC4CC(CC(C4)C2)C3)cc1C(=O)NCCN1CCOCC1. The molecule has 0 aromatic heterocycles. The van der Waals surface area contributed by atoms with E-state index in [1.54, 1.807) is 6.07 Å². The number of benzene rings is 1. The molecule has 4 saturated carbocycles. The number of nitrogens with zero attached hydrogens (tertiary/aromatic N) is 2. The highest BCUT2D eigenvalue weighted by atomic mass is 16.5. The zero-order chi connectivity index (χ0) is 23.7. The molecule has 8 heteroatoms. The quantitative estimate of drug-likeness (QED) is 0.572. The number of urea groups is 1. The van der Waals surface area contributed by atoms with Gasteiger partial charge in [0.05, 0.1) is 18.8 Å². The summed E-state index contributed by atoms with van der Waals surface area (Å²) in [5.41, 5.74) is 2.00. The van der Waals surface area contributed by atoms with Crippen LogP contribution in [0.15, 0.2) is 18.2 Å². The van der Waals surface area contributed by atoms with Crippen molar-refractivity contribution in [2.45, 2.75) is 44.1 Å². The molecule has 4 bridgehead atoms. The summed E-state index contributed by atoms with van der Waals surface area (Å²) in [5.74, 6) is 2.21. The summed E-state index contributed by atoms with van der Waals surface area (Å²) in [4.78, 5) is 30.3. The van der Waals surface area contributed by atoms with E-state index in [4.69, 9.17) is 4.74 Å². The maximum Gasteiger partial charge on any atom is 0.319 e. The summed E-state index contributed by atoms with van der Waals surface area (Å²) in [6, 6.07) is 5.41. The maximum absolute atomic E-state index is 13.0. The number of carbonyl (C=O) groups excluding carboxylic acids is 2. The molecule has 186 valence electrons. The van der Waals surface area contributed by atoms with Crippen LogP contribution in [-0.2, 0) is 4.74 Å². The zero-order valence-electron chi connectivity index (χ0n) is 20.6. The van der Waals surface area contributed by atoms with Crippen molar-refractivity contribution in [1.82, 2.24) is 15.5 Å². The molecule has 0 unspecified atom stereocenters. The molecule has 1 saturated heterocycles. The average molecular weight is 470 g/mol. The molecule has 5 fully saturated rings. The molecule has 0 atom stereocenters. The van der Waals surface area contributed by atoms with Gasteiger partial charge in [-0.3, -0.25) is 9.69 Å². The number of carbonyl (C=O) groups is 2. The van der Waals surface area contributed by atoms with Crippen molar-refractivity contribution in [2.75, 3.05) is 63.7 Å². The molecule has 8 nitrogen and oxygen atoms in total. The minimum absolute atomic E-state index is 0.0396. The highest BCUT2D eigenvalue weighted by molar-refractivity contribution is 6.02. The lowest BCUT2D eigenvalue weighted by Gasteiger charge is -2.56. The molecule has 4 aliphatic carbocycles. The van der Waals surface area contributed by atoms with Crippen molar-refractivity contribution in [3.63, 3.8) is 0 Å². The first-order valence-corrected chi connectivity index (χ1v) is 12.9. The van der Waals surface area contributed by atoms with Crippen LogP contribution < -0.4 is 20.9 Å². The van der Waals surface area contributed by atoms with Gasteiger partial charge in [0, 0.05) is 57.2 Å². The van der Waals surface area contributed by atoms with E-state index in [1.165, 1.54) is 19.3 Å². The third-order valence-corrected chi connectivity index (χ3v) is 8.22. The fourth-order valence-corrected chi connectivity index (χ4v) is 7.10. The van der Waals surface area contributed by atoms with Gasteiger partial charge < -0.3 is 25.6 Å². The number of ether oxygens (including phenoxy) is 1. The standard InChI is InChI=1S/C26H39N5O3/c1-30(2)23-4-3-21(14-22(23)24(32)27-5-6-31-7-9-34-10-8-31)28-25(33)29-26-15-18-11-19(16-26)13-20(12-18)17-26/h3-4,14,18-20H,5-13,15-17H2,1-2H3,(H,27,32)(H2,28,29,33). The maximum atomic E-state index is 13.0. The Morgan fingerprint density at radius 1 is 1.06 bits per heavy atom. The van der Waals surface area contributed by atoms with Crippen LogP contribution >= 0.6 is 0 Å². The van der Waals surface area contributed by atoms with Crippen LogP contribution in [-0.4, -0.2) is 75.9 Å². The molecule has 1 aliphatic heterocycles. The van der Waals surface area contributed by atoms with Crippen LogP contribution in [0.3, 0.4) is 0 Å². The van der Waals surface area contributed by atoms with Crippen LogP contribution in [0.4, 0.5) is 16.2 Å². The van der Waals surface area contributed by atoms with Gasteiger partial charge in [-0.1, -0.05) is 0 Å². The number of hydrogen-bond donors (Lipinski definition) is 3. The second-order valence-corrected chi connectivity index (χ2v) is 11.1. The Bertz CT molecular complexity index is 876. The second-order valence-electron chi connectivity index (χ2n) is 11.1. The Morgan fingerprint density at radius 2 is 1.71 bits per heavy atom. The fourth-order valence-electron chi connectivity index (χ4n) is 7.10. The first-order valence-electron chi connectivity index (χ1n) is 12.9. The van der Waals surface area contributed by atoms with Crippen LogP contribution in [0.2, 0.25) is 0 Å². The Balaban J connectivity index is 1.21. The van der Waals surface area contributed by atoms with Crippen molar-refractivity contribution >= 4 is 23.3 Å². The highest BCUT2D eigenvalue weighted by Crippen LogP contribution is 2.55. The molecule has 1 heterocycles. The second kappa shape index (κ2) is 9.74. The third-order valence-electron chi connectivity index (χ3n) is 8.22. The van der Waals surface area contributed by atoms with Crippen LogP contribution in [0, 0.1) is 17.8 Å². The smallest absolute Gasteiger partial charge is 0.319 e. The van der Waals surface area contributed by atoms with Gasteiger partial charge in [-0.15, -0.1) is 0 Å². The number of nitrogens with one attached hydrogen (secondary N) is 3. The van der Waals surface area contributed by atoms with Gasteiger partial charge in [0.15, 0.2) is 0 Å². The van der Waals surface area contributed by atoms with Gasteiger partial charge in [-0.05, 0) is 74.5 Å². The summed E-state index contributed by atoms with van der Waals surface area (Å²) in [6.07, 6.45) is 7.38. The monoisotopic (exact) mass is 469 g/mol. The zero-order valence-corrected chi connectivity index (χ0v) is 20.6. The van der Waals surface area contributed by atoms with Gasteiger partial charge in [-0.2, -0.15) is 0 Å². The highest BCUT2D eigenvalue weighted by Gasteiger charge is 2.51. The lowest BCUT2D eigenvalue weighted by Crippen LogP contribution is -2.60. The Kier molecular flexibility index (Phi) is 6.71. The molecule has 34 heavy (non-hydrogen) atoms. The molecular weight excluding hydrogens is 430 g/mol. The van der Waals surface area contributed by atoms with Gasteiger partial charge in [-0.25, -0.2) is 4.79 Å². The lowest BCUT2D eigenvalue weighted by molar-refractivity contribution is -0.0127. The van der Waals surface area contributed by atoms with Crippen molar-refractivity contribution < 1.29 is 14.3 Å². The minimum atomic E-state index is -0.154. The first-order chi connectivity index (χ1) is 16.4. The average Bonchev–Trinajstić information content (AvgIpc) is 2.78. The Hall–Kier alpha value is -2.32. The number of anilines is 2. The number of amides is 3. The molecule has 0 radical (unpaired) electrons. The number of rotatable bonds is 7. The molecule has 5 aliphatic rings. The Labute approximate surface area is 202 Å². The number of morpholine rings is 1. The topological polar surface area (TPSA) is 85.9 Å². The van der Waals surface area contributed by atoms with Gasteiger partial charge in [0.2, 0.25) is 0 Å². The van der Waals surface area contributed by atoms with E-state index in [0.29, 0.717) is 17.8 Å². The summed E-state index contributed by atoms with van der Waals surface area (Å²) in [7, 11) is 3.85. The van der Waals surface area contributed by atoms with E-state index in [2.05, 4.69) is 20.9 Å². The molecule has 0 spiro atoms. The lowest BCUT2D eigenvalue weighted by atomic mass is 9.53. The van der Waals surface area contributed by atoms with E-state index < -0.39 is 0 Å². The molecule has 1 aromatic rings. The Morgan fingerprint density at radius 3 is 2.32 bits per heavy atom.